The van der Waals surface area contributed by atoms with Crippen LogP contribution in [0.1, 0.15) is 20.3 Å². The molecule has 0 spiro atoms. The Balaban J connectivity index is 2.30. The Labute approximate surface area is 111 Å². The highest BCUT2D eigenvalue weighted by Gasteiger charge is 2.07. The van der Waals surface area contributed by atoms with Crippen molar-refractivity contribution < 1.29 is 14.2 Å². The molecule has 0 heterocycles. The highest BCUT2D eigenvalue weighted by molar-refractivity contribution is 9.10. The van der Waals surface area contributed by atoms with Gasteiger partial charge in [0.1, 0.15) is 5.75 Å². The molecule has 0 N–H and O–H groups in total. The van der Waals surface area contributed by atoms with Gasteiger partial charge >= 0.3 is 0 Å². The fourth-order valence-electron chi connectivity index (χ4n) is 1.42. The lowest BCUT2D eigenvalue weighted by Crippen LogP contribution is -2.20. The highest BCUT2D eigenvalue weighted by atomic mass is 79.9. The molecule has 4 heteroatoms. The van der Waals surface area contributed by atoms with Crippen molar-refractivity contribution in [3.05, 3.63) is 28.7 Å². The van der Waals surface area contributed by atoms with E-state index in [-0.39, 0.29) is 6.29 Å². The summed E-state index contributed by atoms with van der Waals surface area (Å²) in [6.45, 7) is 5.81. The summed E-state index contributed by atoms with van der Waals surface area (Å²) in [5, 5.41) is 0. The molecule has 3 nitrogen and oxygen atoms in total. The number of ether oxygens (including phenoxy) is 3. The molecule has 0 unspecified atom stereocenters. The SMILES string of the molecule is CCOC(CCOc1cccc(Br)c1)OCC. The van der Waals surface area contributed by atoms with Gasteiger partial charge in [0, 0.05) is 24.1 Å². The Hall–Kier alpha value is -0.580. The lowest BCUT2D eigenvalue weighted by Gasteiger charge is -2.17. The van der Waals surface area contributed by atoms with E-state index in [9.17, 15) is 0 Å². The smallest absolute Gasteiger partial charge is 0.160 e. The zero-order chi connectivity index (χ0) is 12.5. The summed E-state index contributed by atoms with van der Waals surface area (Å²) in [5.74, 6) is 0.853. The molecule has 0 saturated carbocycles. The van der Waals surface area contributed by atoms with Crippen LogP contribution in [0.3, 0.4) is 0 Å². The van der Waals surface area contributed by atoms with Crippen LogP contribution in [0.25, 0.3) is 0 Å². The molecule has 1 aromatic carbocycles. The van der Waals surface area contributed by atoms with E-state index in [0.29, 0.717) is 19.8 Å². The number of hydrogen-bond acceptors (Lipinski definition) is 3. The van der Waals surface area contributed by atoms with Crippen molar-refractivity contribution in [2.75, 3.05) is 19.8 Å². The Kier molecular flexibility index (Phi) is 7.24. The first kappa shape index (κ1) is 14.5. The fraction of sp³-hybridized carbons (Fsp3) is 0.538. The van der Waals surface area contributed by atoms with Crippen LogP contribution in [-0.2, 0) is 9.47 Å². The Morgan fingerprint density at radius 2 is 1.88 bits per heavy atom. The minimum atomic E-state index is -0.169. The van der Waals surface area contributed by atoms with Crippen LogP contribution in [0.2, 0.25) is 0 Å². The maximum atomic E-state index is 5.62. The van der Waals surface area contributed by atoms with Gasteiger partial charge < -0.3 is 14.2 Å². The summed E-state index contributed by atoms with van der Waals surface area (Å²) in [6, 6.07) is 7.79. The van der Waals surface area contributed by atoms with Crippen molar-refractivity contribution >= 4 is 15.9 Å². The van der Waals surface area contributed by atoms with Gasteiger partial charge in [0.25, 0.3) is 0 Å². The van der Waals surface area contributed by atoms with Gasteiger partial charge in [-0.1, -0.05) is 22.0 Å². The maximum absolute atomic E-state index is 5.62. The van der Waals surface area contributed by atoms with Gasteiger partial charge in [-0.2, -0.15) is 0 Å². The van der Waals surface area contributed by atoms with Crippen LogP contribution in [0.15, 0.2) is 28.7 Å². The van der Waals surface area contributed by atoms with E-state index in [1.54, 1.807) is 0 Å². The normalized spacial score (nSPS) is 10.8. The van der Waals surface area contributed by atoms with Gasteiger partial charge in [-0.25, -0.2) is 0 Å². The van der Waals surface area contributed by atoms with E-state index in [2.05, 4.69) is 15.9 Å². The van der Waals surface area contributed by atoms with Crippen LogP contribution >= 0.6 is 15.9 Å². The molecule has 0 aliphatic rings. The predicted octanol–water partition coefficient (Wildman–Crippen LogP) is 3.62. The van der Waals surface area contributed by atoms with Crippen molar-refractivity contribution in [3.8, 4) is 5.75 Å². The van der Waals surface area contributed by atoms with Crippen LogP contribution < -0.4 is 4.74 Å². The van der Waals surface area contributed by atoms with E-state index < -0.39 is 0 Å². The van der Waals surface area contributed by atoms with E-state index in [1.165, 1.54) is 0 Å². The topological polar surface area (TPSA) is 27.7 Å². The second-order valence-electron chi connectivity index (χ2n) is 3.43. The largest absolute Gasteiger partial charge is 0.493 e. The second-order valence-corrected chi connectivity index (χ2v) is 4.35. The van der Waals surface area contributed by atoms with E-state index in [0.717, 1.165) is 16.6 Å². The third-order valence-corrected chi connectivity index (χ3v) is 2.62. The summed E-state index contributed by atoms with van der Waals surface area (Å²) in [4.78, 5) is 0. The van der Waals surface area contributed by atoms with Crippen molar-refractivity contribution in [1.82, 2.24) is 0 Å². The number of rotatable bonds is 8. The zero-order valence-electron chi connectivity index (χ0n) is 10.3. The first-order valence-corrected chi connectivity index (χ1v) is 6.67. The molecule has 96 valence electrons. The van der Waals surface area contributed by atoms with Gasteiger partial charge in [-0.05, 0) is 32.0 Å². The minimum absolute atomic E-state index is 0.169. The van der Waals surface area contributed by atoms with E-state index in [4.69, 9.17) is 14.2 Å². The van der Waals surface area contributed by atoms with E-state index >= 15 is 0 Å². The summed E-state index contributed by atoms with van der Waals surface area (Å²) in [6.07, 6.45) is 0.561. The van der Waals surface area contributed by atoms with Crippen LogP contribution in [-0.4, -0.2) is 26.1 Å². The van der Waals surface area contributed by atoms with Crippen LogP contribution in [0.4, 0.5) is 0 Å². The van der Waals surface area contributed by atoms with Gasteiger partial charge in [-0.3, -0.25) is 0 Å². The standard InChI is InChI=1S/C13H19BrO3/c1-3-15-13(16-4-2)8-9-17-12-7-5-6-11(14)10-12/h5-7,10,13H,3-4,8-9H2,1-2H3. The fourth-order valence-corrected chi connectivity index (χ4v) is 1.79. The van der Waals surface area contributed by atoms with Gasteiger partial charge in [-0.15, -0.1) is 0 Å². The molecular formula is C13H19BrO3. The molecule has 0 aliphatic heterocycles. The minimum Gasteiger partial charge on any atom is -0.493 e. The van der Waals surface area contributed by atoms with Crippen molar-refractivity contribution in [2.24, 2.45) is 0 Å². The average molecular weight is 303 g/mol. The maximum Gasteiger partial charge on any atom is 0.160 e. The molecule has 0 saturated heterocycles. The van der Waals surface area contributed by atoms with Crippen molar-refractivity contribution in [1.29, 1.82) is 0 Å². The second kappa shape index (κ2) is 8.50. The van der Waals surface area contributed by atoms with Crippen LogP contribution in [0.5, 0.6) is 5.75 Å². The number of halogens is 1. The predicted molar refractivity (Wildman–Crippen MR) is 71.3 cm³/mol. The number of hydrogen-bond donors (Lipinski definition) is 0. The molecule has 17 heavy (non-hydrogen) atoms. The van der Waals surface area contributed by atoms with Crippen LogP contribution in [0, 0.1) is 0 Å². The molecule has 0 atom stereocenters. The van der Waals surface area contributed by atoms with E-state index in [1.807, 2.05) is 38.1 Å². The first-order chi connectivity index (χ1) is 8.26. The lowest BCUT2D eigenvalue weighted by molar-refractivity contribution is -0.142. The third kappa shape index (κ3) is 6.05. The first-order valence-electron chi connectivity index (χ1n) is 5.87. The van der Waals surface area contributed by atoms with Gasteiger partial charge in [0.05, 0.1) is 6.61 Å². The zero-order valence-corrected chi connectivity index (χ0v) is 11.9. The summed E-state index contributed by atoms with van der Waals surface area (Å²) >= 11 is 3.40. The number of benzene rings is 1. The highest BCUT2D eigenvalue weighted by Crippen LogP contribution is 2.18. The van der Waals surface area contributed by atoms with Crippen molar-refractivity contribution in [2.45, 2.75) is 26.6 Å². The van der Waals surface area contributed by atoms with Crippen molar-refractivity contribution in [3.63, 3.8) is 0 Å². The summed E-state index contributed by atoms with van der Waals surface area (Å²) < 4.78 is 17.5. The Morgan fingerprint density at radius 3 is 2.47 bits per heavy atom. The summed E-state index contributed by atoms with van der Waals surface area (Å²) in [7, 11) is 0. The quantitative estimate of drug-likeness (QED) is 0.687. The van der Waals surface area contributed by atoms with Gasteiger partial charge in [0.2, 0.25) is 0 Å². The molecular weight excluding hydrogens is 284 g/mol. The summed E-state index contributed by atoms with van der Waals surface area (Å²) in [5.41, 5.74) is 0. The third-order valence-electron chi connectivity index (χ3n) is 2.12. The average Bonchev–Trinajstić information content (AvgIpc) is 2.30. The molecule has 1 aromatic rings. The molecule has 0 amide bonds. The Bertz CT molecular complexity index is 311. The molecule has 0 radical (unpaired) electrons. The molecule has 1 rings (SSSR count). The molecule has 0 aliphatic carbocycles. The Morgan fingerprint density at radius 1 is 1.18 bits per heavy atom. The molecule has 0 aromatic heterocycles. The lowest BCUT2D eigenvalue weighted by atomic mass is 10.3. The molecule has 0 fully saturated rings. The molecule has 0 bridgehead atoms. The monoisotopic (exact) mass is 302 g/mol. The van der Waals surface area contributed by atoms with Gasteiger partial charge in [0.15, 0.2) is 6.29 Å².